The maximum Gasteiger partial charge on any atom is 0.0749 e. The van der Waals surface area contributed by atoms with E-state index in [0.29, 0.717) is 5.92 Å². The third-order valence-electron chi connectivity index (χ3n) is 3.04. The van der Waals surface area contributed by atoms with Crippen LogP contribution in [-0.4, -0.2) is 0 Å². The van der Waals surface area contributed by atoms with Crippen LogP contribution in [0, 0.1) is 29.1 Å². The molecule has 13 heavy (non-hydrogen) atoms. The van der Waals surface area contributed by atoms with Gasteiger partial charge in [-0.05, 0) is 6.42 Å². The van der Waals surface area contributed by atoms with Gasteiger partial charge in [-0.15, -0.1) is 5.92 Å². The number of hydrogen-bond acceptors (Lipinski definition) is 1. The first-order valence-corrected chi connectivity index (χ1v) is 4.97. The number of nitriles is 1. The lowest BCUT2D eigenvalue weighted by Crippen LogP contribution is -2.24. The molecule has 0 aromatic heterocycles. The van der Waals surface area contributed by atoms with Crippen molar-refractivity contribution in [3.8, 4) is 6.07 Å². The maximum absolute atomic E-state index is 9.23. The lowest BCUT2D eigenvalue weighted by Gasteiger charge is -2.34. The summed E-state index contributed by atoms with van der Waals surface area (Å²) in [5.41, 5.74) is -0.311. The van der Waals surface area contributed by atoms with Gasteiger partial charge < -0.3 is 6.42 Å². The van der Waals surface area contributed by atoms with Gasteiger partial charge in [-0.1, -0.05) is 37.1 Å². The molecular formula is C12H14N-. The zero-order valence-corrected chi connectivity index (χ0v) is 7.74. The molecule has 0 saturated heterocycles. The van der Waals surface area contributed by atoms with E-state index in [0.717, 1.165) is 6.42 Å². The Hall–Kier alpha value is -1.03. The standard InChI is InChI=1S/C12H14N/c13-10-12(8-4-1-5-9-12)11-6-2-3-7-11/h4-6,8-9,11H,1-3,7H2/q-1. The van der Waals surface area contributed by atoms with Crippen LogP contribution in [0.3, 0.4) is 0 Å². The van der Waals surface area contributed by atoms with E-state index in [1.165, 1.54) is 19.3 Å². The summed E-state index contributed by atoms with van der Waals surface area (Å²) in [5, 5.41) is 9.23. The van der Waals surface area contributed by atoms with Gasteiger partial charge in [0, 0.05) is 0 Å². The summed E-state index contributed by atoms with van der Waals surface area (Å²) in [6, 6.07) is 2.45. The van der Waals surface area contributed by atoms with Crippen molar-refractivity contribution in [1.29, 1.82) is 5.26 Å². The summed E-state index contributed by atoms with van der Waals surface area (Å²) in [4.78, 5) is 0. The van der Waals surface area contributed by atoms with Crippen LogP contribution in [0.25, 0.3) is 0 Å². The molecule has 0 N–H and O–H groups in total. The molecule has 0 aromatic rings. The van der Waals surface area contributed by atoms with E-state index in [1.54, 1.807) is 0 Å². The third-order valence-corrected chi connectivity index (χ3v) is 3.04. The SMILES string of the molecule is N#CC1(C2[CH-]CCC2)C=CCC=C1. The van der Waals surface area contributed by atoms with Crippen LogP contribution < -0.4 is 0 Å². The Labute approximate surface area is 79.8 Å². The first-order valence-electron chi connectivity index (χ1n) is 4.97. The zero-order valence-electron chi connectivity index (χ0n) is 7.74. The van der Waals surface area contributed by atoms with Gasteiger partial charge in [0.15, 0.2) is 0 Å². The molecule has 1 fully saturated rings. The Morgan fingerprint density at radius 1 is 1.38 bits per heavy atom. The van der Waals surface area contributed by atoms with Crippen LogP contribution in [0.5, 0.6) is 0 Å². The number of nitrogens with zero attached hydrogens (tertiary/aromatic N) is 1. The Kier molecular flexibility index (Phi) is 2.22. The highest BCUT2D eigenvalue weighted by Gasteiger charge is 2.30. The van der Waals surface area contributed by atoms with Gasteiger partial charge in [0.05, 0.1) is 11.5 Å². The number of hydrogen-bond donors (Lipinski definition) is 0. The van der Waals surface area contributed by atoms with Crippen molar-refractivity contribution in [1.82, 2.24) is 0 Å². The van der Waals surface area contributed by atoms with Gasteiger partial charge in [-0.2, -0.15) is 11.7 Å². The molecule has 0 aliphatic heterocycles. The summed E-state index contributed by atoms with van der Waals surface area (Å²) < 4.78 is 0. The van der Waals surface area contributed by atoms with Crippen molar-refractivity contribution in [3.63, 3.8) is 0 Å². The zero-order chi connectivity index (χ0) is 9.15. The van der Waals surface area contributed by atoms with Gasteiger partial charge in [-0.3, -0.25) is 0 Å². The van der Waals surface area contributed by atoms with Gasteiger partial charge in [-0.25, -0.2) is 0 Å². The van der Waals surface area contributed by atoms with Crippen LogP contribution >= 0.6 is 0 Å². The van der Waals surface area contributed by atoms with E-state index < -0.39 is 0 Å². The average molecular weight is 172 g/mol. The molecule has 0 spiro atoms. The lowest BCUT2D eigenvalue weighted by molar-refractivity contribution is 0.433. The largest absolute Gasteiger partial charge is 0.323 e. The second kappa shape index (κ2) is 3.38. The Balaban J connectivity index is 2.24. The number of rotatable bonds is 1. The van der Waals surface area contributed by atoms with Crippen LogP contribution in [0.1, 0.15) is 25.7 Å². The highest BCUT2D eigenvalue weighted by atomic mass is 14.4. The first-order chi connectivity index (χ1) is 6.37. The summed E-state index contributed by atoms with van der Waals surface area (Å²) in [5.74, 6) is 0.449. The van der Waals surface area contributed by atoms with E-state index >= 15 is 0 Å². The molecule has 1 heteroatoms. The molecule has 0 amide bonds. The van der Waals surface area contributed by atoms with Gasteiger partial charge in [0.2, 0.25) is 0 Å². The van der Waals surface area contributed by atoms with E-state index in [-0.39, 0.29) is 5.41 Å². The topological polar surface area (TPSA) is 23.8 Å². The fourth-order valence-electron chi connectivity index (χ4n) is 2.27. The summed E-state index contributed by atoms with van der Waals surface area (Å²) in [7, 11) is 0. The lowest BCUT2D eigenvalue weighted by atomic mass is 9.73. The predicted octanol–water partition coefficient (Wildman–Crippen LogP) is 3.02. The molecule has 1 unspecified atom stereocenters. The van der Waals surface area contributed by atoms with E-state index in [1.807, 2.05) is 0 Å². The number of allylic oxidation sites excluding steroid dienone is 4. The van der Waals surface area contributed by atoms with Crippen molar-refractivity contribution in [3.05, 3.63) is 30.7 Å². The normalized spacial score (nSPS) is 30.2. The van der Waals surface area contributed by atoms with Crippen molar-refractivity contribution in [2.75, 3.05) is 0 Å². The Morgan fingerprint density at radius 3 is 2.69 bits per heavy atom. The summed E-state index contributed by atoms with van der Waals surface area (Å²) in [6.45, 7) is 0. The Morgan fingerprint density at radius 2 is 2.15 bits per heavy atom. The van der Waals surface area contributed by atoms with E-state index in [9.17, 15) is 5.26 Å². The fraction of sp³-hybridized carbons (Fsp3) is 0.500. The van der Waals surface area contributed by atoms with Crippen LogP contribution in [0.2, 0.25) is 0 Å². The minimum absolute atomic E-state index is 0.311. The monoisotopic (exact) mass is 172 g/mol. The molecule has 0 aromatic carbocycles. The molecular weight excluding hydrogens is 158 g/mol. The fourth-order valence-corrected chi connectivity index (χ4v) is 2.27. The summed E-state index contributed by atoms with van der Waals surface area (Å²) in [6.07, 6.45) is 15.3. The van der Waals surface area contributed by atoms with Crippen molar-refractivity contribution in [2.45, 2.75) is 25.7 Å². The van der Waals surface area contributed by atoms with Crippen molar-refractivity contribution >= 4 is 0 Å². The third kappa shape index (κ3) is 1.42. The van der Waals surface area contributed by atoms with E-state index in [4.69, 9.17) is 0 Å². The highest BCUT2D eigenvalue weighted by molar-refractivity contribution is 5.30. The second-order valence-corrected chi connectivity index (χ2v) is 3.86. The highest BCUT2D eigenvalue weighted by Crippen LogP contribution is 2.42. The quantitative estimate of drug-likeness (QED) is 0.440. The van der Waals surface area contributed by atoms with Crippen molar-refractivity contribution < 1.29 is 0 Å². The molecule has 2 aliphatic rings. The minimum atomic E-state index is -0.311. The molecule has 2 rings (SSSR count). The molecule has 0 heterocycles. The van der Waals surface area contributed by atoms with Crippen molar-refractivity contribution in [2.24, 2.45) is 11.3 Å². The molecule has 0 bridgehead atoms. The first kappa shape index (κ1) is 8.56. The molecule has 68 valence electrons. The van der Waals surface area contributed by atoms with Gasteiger partial charge in [0.1, 0.15) is 0 Å². The Bertz CT molecular complexity index is 262. The molecule has 1 nitrogen and oxygen atoms in total. The van der Waals surface area contributed by atoms with E-state index in [2.05, 4.69) is 36.8 Å². The smallest absolute Gasteiger partial charge is 0.0749 e. The van der Waals surface area contributed by atoms with Crippen LogP contribution in [-0.2, 0) is 0 Å². The predicted molar refractivity (Wildman–Crippen MR) is 52.6 cm³/mol. The van der Waals surface area contributed by atoms with Crippen LogP contribution in [0.4, 0.5) is 0 Å². The summed E-state index contributed by atoms with van der Waals surface area (Å²) >= 11 is 0. The molecule has 1 saturated carbocycles. The molecule has 1 atom stereocenters. The average Bonchev–Trinajstić information content (AvgIpc) is 2.72. The minimum Gasteiger partial charge on any atom is -0.323 e. The van der Waals surface area contributed by atoms with Gasteiger partial charge >= 0.3 is 0 Å². The molecule has 0 radical (unpaired) electrons. The maximum atomic E-state index is 9.23. The van der Waals surface area contributed by atoms with Gasteiger partial charge in [0.25, 0.3) is 0 Å². The second-order valence-electron chi connectivity index (χ2n) is 3.86. The van der Waals surface area contributed by atoms with Crippen LogP contribution in [0.15, 0.2) is 24.3 Å². The molecule has 2 aliphatic carbocycles.